The van der Waals surface area contributed by atoms with Gasteiger partial charge in [-0.05, 0) is 18.2 Å². The van der Waals surface area contributed by atoms with E-state index in [2.05, 4.69) is 20.2 Å². The molecule has 7 heteroatoms. The van der Waals surface area contributed by atoms with Crippen molar-refractivity contribution in [2.24, 2.45) is 16.5 Å². The van der Waals surface area contributed by atoms with Crippen LogP contribution in [0.4, 0.5) is 5.82 Å². The van der Waals surface area contributed by atoms with E-state index in [1.54, 1.807) is 18.5 Å². The molecule has 3 heterocycles. The molecule has 1 aromatic heterocycles. The van der Waals surface area contributed by atoms with Crippen LogP contribution in [0, 0.1) is 0 Å². The Balaban J connectivity index is 1.80. The molecule has 1 fully saturated rings. The van der Waals surface area contributed by atoms with Crippen LogP contribution in [0.15, 0.2) is 35.6 Å². The highest BCUT2D eigenvalue weighted by atomic mass is 16.5. The second-order valence-corrected chi connectivity index (χ2v) is 4.79. The second kappa shape index (κ2) is 5.10. The zero-order chi connectivity index (χ0) is 14.0. The van der Waals surface area contributed by atoms with E-state index in [4.69, 9.17) is 16.2 Å². The Hall–Kier alpha value is -2.12. The summed E-state index contributed by atoms with van der Waals surface area (Å²) in [5.41, 5.74) is 12.7. The maximum absolute atomic E-state index is 6.20. The fraction of sp³-hybridized carbons (Fsp3) is 0.385. The van der Waals surface area contributed by atoms with Crippen LogP contribution in [0.3, 0.4) is 0 Å². The summed E-state index contributed by atoms with van der Waals surface area (Å²) in [5.74, 6) is 0.266. The van der Waals surface area contributed by atoms with Gasteiger partial charge in [0.15, 0.2) is 0 Å². The number of pyridine rings is 1. The molecule has 3 rings (SSSR count). The van der Waals surface area contributed by atoms with Crippen molar-refractivity contribution in [3.8, 4) is 0 Å². The summed E-state index contributed by atoms with van der Waals surface area (Å²) in [5, 5.41) is 3.00. The fourth-order valence-electron chi connectivity index (χ4n) is 2.27. The maximum Gasteiger partial charge on any atom is 0.212 e. The van der Waals surface area contributed by atoms with E-state index in [0.29, 0.717) is 5.84 Å². The van der Waals surface area contributed by atoms with Gasteiger partial charge in [-0.2, -0.15) is 0 Å². The van der Waals surface area contributed by atoms with Gasteiger partial charge in [0.05, 0.1) is 13.2 Å². The highest BCUT2D eigenvalue weighted by Gasteiger charge is 2.27. The lowest BCUT2D eigenvalue weighted by atomic mass is 10.1. The summed E-state index contributed by atoms with van der Waals surface area (Å²) in [6.45, 7) is 3.17. The first-order chi connectivity index (χ1) is 9.67. The molecular weight excluding hydrogens is 256 g/mol. The van der Waals surface area contributed by atoms with Crippen molar-refractivity contribution in [3.05, 3.63) is 36.2 Å². The zero-order valence-electron chi connectivity index (χ0n) is 11.1. The van der Waals surface area contributed by atoms with Gasteiger partial charge in [0.1, 0.15) is 11.7 Å². The average molecular weight is 274 g/mol. The van der Waals surface area contributed by atoms with E-state index in [-0.39, 0.29) is 0 Å². The van der Waals surface area contributed by atoms with Gasteiger partial charge in [-0.25, -0.2) is 9.98 Å². The van der Waals surface area contributed by atoms with Crippen molar-refractivity contribution in [1.82, 2.24) is 10.3 Å². The van der Waals surface area contributed by atoms with Crippen LogP contribution in [-0.2, 0) is 10.5 Å². The van der Waals surface area contributed by atoms with Crippen LogP contribution in [0.25, 0.3) is 0 Å². The molecule has 1 aromatic rings. The number of morpholine rings is 1. The predicted octanol–water partition coefficient (Wildman–Crippen LogP) is -0.539. The lowest BCUT2D eigenvalue weighted by Crippen LogP contribution is -2.49. The minimum Gasteiger partial charge on any atom is -0.384 e. The van der Waals surface area contributed by atoms with Crippen LogP contribution in [-0.4, -0.2) is 37.1 Å². The van der Waals surface area contributed by atoms with Crippen LogP contribution in [0.1, 0.15) is 5.56 Å². The van der Waals surface area contributed by atoms with Crippen molar-refractivity contribution in [2.75, 3.05) is 31.2 Å². The van der Waals surface area contributed by atoms with Gasteiger partial charge in [-0.3, -0.25) is 5.73 Å². The summed E-state index contributed by atoms with van der Waals surface area (Å²) in [4.78, 5) is 10.9. The summed E-state index contributed by atoms with van der Waals surface area (Å²) in [7, 11) is 0. The van der Waals surface area contributed by atoms with Crippen molar-refractivity contribution in [3.63, 3.8) is 0 Å². The number of amidine groups is 1. The van der Waals surface area contributed by atoms with Crippen LogP contribution in [0.5, 0.6) is 0 Å². The number of nitrogens with one attached hydrogen (secondary N) is 1. The average Bonchev–Trinajstić information content (AvgIpc) is 2.48. The van der Waals surface area contributed by atoms with E-state index in [1.165, 1.54) is 0 Å². The minimum absolute atomic E-state index is 0.392. The number of anilines is 1. The molecule has 1 unspecified atom stereocenters. The normalized spacial score (nSPS) is 26.1. The lowest BCUT2D eigenvalue weighted by molar-refractivity contribution is 0.122. The number of ether oxygens (including phenoxy) is 1. The van der Waals surface area contributed by atoms with Gasteiger partial charge in [0.25, 0.3) is 0 Å². The van der Waals surface area contributed by atoms with E-state index in [0.717, 1.165) is 37.7 Å². The Bertz CT molecular complexity index is 534. The predicted molar refractivity (Wildman–Crippen MR) is 77.0 cm³/mol. The fourth-order valence-corrected chi connectivity index (χ4v) is 2.27. The molecule has 5 N–H and O–H groups in total. The van der Waals surface area contributed by atoms with Gasteiger partial charge < -0.3 is 20.7 Å². The Morgan fingerprint density at radius 3 is 2.75 bits per heavy atom. The van der Waals surface area contributed by atoms with Crippen molar-refractivity contribution < 1.29 is 4.74 Å². The molecule has 0 amide bonds. The van der Waals surface area contributed by atoms with Gasteiger partial charge >= 0.3 is 0 Å². The highest BCUT2D eigenvalue weighted by molar-refractivity contribution is 5.92. The van der Waals surface area contributed by atoms with Crippen LogP contribution >= 0.6 is 0 Å². The van der Waals surface area contributed by atoms with Crippen LogP contribution < -0.4 is 21.7 Å². The molecule has 0 radical (unpaired) electrons. The Morgan fingerprint density at radius 2 is 2.10 bits per heavy atom. The summed E-state index contributed by atoms with van der Waals surface area (Å²) < 4.78 is 5.33. The Morgan fingerprint density at radius 1 is 1.30 bits per heavy atom. The lowest BCUT2D eigenvalue weighted by Gasteiger charge is -2.30. The van der Waals surface area contributed by atoms with Crippen LogP contribution in [0.2, 0.25) is 0 Å². The molecule has 1 saturated heterocycles. The Kier molecular flexibility index (Phi) is 3.29. The minimum atomic E-state index is -1.05. The van der Waals surface area contributed by atoms with Crippen molar-refractivity contribution in [2.45, 2.75) is 5.79 Å². The summed E-state index contributed by atoms with van der Waals surface area (Å²) in [6.07, 6.45) is 5.09. The first-order valence-corrected chi connectivity index (χ1v) is 6.55. The maximum atomic E-state index is 6.20. The molecule has 2 aliphatic rings. The van der Waals surface area contributed by atoms with Gasteiger partial charge in [-0.1, -0.05) is 0 Å². The van der Waals surface area contributed by atoms with Crippen molar-refractivity contribution in [1.29, 1.82) is 0 Å². The molecule has 0 bridgehead atoms. The first-order valence-electron chi connectivity index (χ1n) is 6.55. The number of aromatic nitrogens is 1. The van der Waals surface area contributed by atoms with E-state index < -0.39 is 5.79 Å². The third-order valence-electron chi connectivity index (χ3n) is 3.39. The summed E-state index contributed by atoms with van der Waals surface area (Å²) in [6, 6.07) is 3.86. The third kappa shape index (κ3) is 2.45. The zero-order valence-corrected chi connectivity index (χ0v) is 11.1. The number of hydrogen-bond acceptors (Lipinski definition) is 7. The van der Waals surface area contributed by atoms with Crippen molar-refractivity contribution >= 4 is 11.7 Å². The number of aliphatic imine (C=N–C) groups is 1. The quantitative estimate of drug-likeness (QED) is 0.669. The molecule has 0 spiro atoms. The molecule has 0 aliphatic carbocycles. The number of hydrogen-bond donors (Lipinski definition) is 3. The molecule has 2 aliphatic heterocycles. The van der Waals surface area contributed by atoms with Gasteiger partial charge in [-0.15, -0.1) is 0 Å². The standard InChI is InChI=1S/C13H18N6O/c14-11-3-4-17-13(15,18-11)10-1-2-12(16-9-10)19-5-7-20-8-6-19/h1-4,9,17H,5-8,15H2,(H2,14,18). The van der Waals surface area contributed by atoms with E-state index in [1.807, 2.05) is 12.1 Å². The number of nitrogens with two attached hydrogens (primary N) is 2. The molecule has 7 nitrogen and oxygen atoms in total. The monoisotopic (exact) mass is 274 g/mol. The third-order valence-corrected chi connectivity index (χ3v) is 3.39. The largest absolute Gasteiger partial charge is 0.384 e. The topological polar surface area (TPSA) is 102 Å². The van der Waals surface area contributed by atoms with E-state index in [9.17, 15) is 0 Å². The van der Waals surface area contributed by atoms with Gasteiger partial charge in [0.2, 0.25) is 5.79 Å². The number of rotatable bonds is 2. The molecular formula is C13H18N6O. The molecule has 106 valence electrons. The SMILES string of the molecule is NC1=NC(N)(c2ccc(N3CCOCC3)nc2)NC=C1. The molecule has 0 aromatic carbocycles. The van der Waals surface area contributed by atoms with Gasteiger partial charge in [0, 0.05) is 31.0 Å². The first kappa shape index (κ1) is 12.9. The van der Waals surface area contributed by atoms with E-state index >= 15 is 0 Å². The summed E-state index contributed by atoms with van der Waals surface area (Å²) >= 11 is 0. The molecule has 0 saturated carbocycles. The Labute approximate surface area is 117 Å². The molecule has 20 heavy (non-hydrogen) atoms. The second-order valence-electron chi connectivity index (χ2n) is 4.79. The molecule has 1 atom stereocenters. The number of nitrogens with zero attached hydrogens (tertiary/aromatic N) is 3. The smallest absolute Gasteiger partial charge is 0.212 e. The highest BCUT2D eigenvalue weighted by Crippen LogP contribution is 2.21.